The maximum absolute atomic E-state index is 14.1. The predicted molar refractivity (Wildman–Crippen MR) is 65.0 cm³/mol. The van der Waals surface area contributed by atoms with Crippen LogP contribution in [0.15, 0.2) is 23.2 Å². The van der Waals surface area contributed by atoms with Crippen LogP contribution in [0.5, 0.6) is 0 Å². The lowest BCUT2D eigenvalue weighted by atomic mass is 9.85. The number of benzene rings is 1. The summed E-state index contributed by atoms with van der Waals surface area (Å²) in [7, 11) is 0. The van der Waals surface area contributed by atoms with Gasteiger partial charge in [-0.2, -0.15) is 0 Å². The quantitative estimate of drug-likeness (QED) is 0.860. The van der Waals surface area contributed by atoms with Gasteiger partial charge in [0.25, 0.3) is 6.02 Å². The van der Waals surface area contributed by atoms with Crippen LogP contribution in [0.3, 0.4) is 0 Å². The van der Waals surface area contributed by atoms with Gasteiger partial charge in [-0.15, -0.1) is 0 Å². The van der Waals surface area contributed by atoms with Crippen molar-refractivity contribution in [3.8, 4) is 0 Å². The van der Waals surface area contributed by atoms with Crippen molar-refractivity contribution in [2.75, 3.05) is 13.3 Å². The van der Waals surface area contributed by atoms with Crippen molar-refractivity contribution in [1.29, 1.82) is 0 Å². The second-order valence-electron chi connectivity index (χ2n) is 4.35. The first-order valence-electron chi connectivity index (χ1n) is 5.68. The topological polar surface area (TPSA) is 90.7 Å². The zero-order chi connectivity index (χ0) is 14.9. The van der Waals surface area contributed by atoms with Crippen LogP contribution >= 0.6 is 0 Å². The van der Waals surface area contributed by atoms with E-state index in [4.69, 9.17) is 11.5 Å². The normalized spacial score (nSPS) is 25.8. The zero-order valence-electron chi connectivity index (χ0n) is 10.3. The van der Waals surface area contributed by atoms with E-state index >= 15 is 0 Å². The fraction of sp³-hybridized carbons (Fsp3) is 0.333. The number of carbonyl (C=O) groups is 1. The monoisotopic (exact) mass is 287 g/mol. The summed E-state index contributed by atoms with van der Waals surface area (Å²) in [6, 6.07) is 2.56. The Morgan fingerprint density at radius 1 is 1.55 bits per heavy atom. The summed E-state index contributed by atoms with van der Waals surface area (Å²) in [4.78, 5) is 14.7. The number of amides is 1. The minimum atomic E-state index is -2.17. The van der Waals surface area contributed by atoms with E-state index in [-0.39, 0.29) is 5.56 Å². The molecular formula is C12H12F3N3O2. The Bertz CT molecular complexity index is 579. The summed E-state index contributed by atoms with van der Waals surface area (Å²) in [6.07, 6.45) is -1.95. The van der Waals surface area contributed by atoms with E-state index in [1.807, 2.05) is 0 Å². The molecule has 8 heteroatoms. The number of nitrogens with zero attached hydrogens (tertiary/aromatic N) is 1. The summed E-state index contributed by atoms with van der Waals surface area (Å²) in [5.41, 5.74) is 7.72. The highest BCUT2D eigenvalue weighted by Gasteiger charge is 2.47. The van der Waals surface area contributed by atoms with Gasteiger partial charge in [-0.25, -0.2) is 18.2 Å². The molecule has 4 N–H and O–H groups in total. The van der Waals surface area contributed by atoms with Crippen LogP contribution in [-0.4, -0.2) is 31.4 Å². The molecule has 0 bridgehead atoms. The van der Waals surface area contributed by atoms with E-state index in [1.165, 1.54) is 0 Å². The van der Waals surface area contributed by atoms with Crippen molar-refractivity contribution in [2.24, 2.45) is 16.5 Å². The largest absolute Gasteiger partial charge is 0.462 e. The lowest BCUT2D eigenvalue weighted by Gasteiger charge is -2.34. The Morgan fingerprint density at radius 3 is 2.85 bits per heavy atom. The number of nitrogens with two attached hydrogens (primary N) is 2. The molecule has 1 aliphatic rings. The number of alkyl halides is 2. The van der Waals surface area contributed by atoms with E-state index < -0.39 is 48.3 Å². The molecule has 0 unspecified atom stereocenters. The molecule has 0 fully saturated rings. The van der Waals surface area contributed by atoms with Gasteiger partial charge in [0.05, 0.1) is 0 Å². The minimum Gasteiger partial charge on any atom is -0.462 e. The van der Waals surface area contributed by atoms with Gasteiger partial charge in [-0.1, -0.05) is 0 Å². The SMILES string of the molecule is NC(=O)c1ccc(F)c([C@@]2(CF)N=C(N)OC[C@@H]2F)c1. The molecule has 1 heterocycles. The van der Waals surface area contributed by atoms with Crippen molar-refractivity contribution in [3.63, 3.8) is 0 Å². The van der Waals surface area contributed by atoms with Gasteiger partial charge in [0.1, 0.15) is 19.1 Å². The van der Waals surface area contributed by atoms with Gasteiger partial charge in [-0.05, 0) is 18.2 Å². The summed E-state index contributed by atoms with van der Waals surface area (Å²) in [5.74, 6) is -1.76. The first-order valence-corrected chi connectivity index (χ1v) is 5.68. The Morgan fingerprint density at radius 2 is 2.25 bits per heavy atom. The highest BCUT2D eigenvalue weighted by Crippen LogP contribution is 2.37. The summed E-state index contributed by atoms with van der Waals surface area (Å²) in [5, 5.41) is 0. The fourth-order valence-electron chi connectivity index (χ4n) is 2.02. The third kappa shape index (κ3) is 2.17. The number of amidine groups is 1. The molecule has 0 aliphatic carbocycles. The number of halogens is 3. The number of aliphatic imine (C=N–C) groups is 1. The Labute approximate surface area is 112 Å². The van der Waals surface area contributed by atoms with Crippen molar-refractivity contribution in [2.45, 2.75) is 11.7 Å². The fourth-order valence-corrected chi connectivity index (χ4v) is 2.02. The van der Waals surface area contributed by atoms with E-state index in [9.17, 15) is 18.0 Å². The molecule has 20 heavy (non-hydrogen) atoms. The molecule has 1 aromatic carbocycles. The average molecular weight is 287 g/mol. The molecule has 1 aromatic rings. The lowest BCUT2D eigenvalue weighted by molar-refractivity contribution is 0.0663. The third-order valence-corrected chi connectivity index (χ3v) is 3.13. The first-order chi connectivity index (χ1) is 9.40. The lowest BCUT2D eigenvalue weighted by Crippen LogP contribution is -2.47. The van der Waals surface area contributed by atoms with Gasteiger partial charge in [0.15, 0.2) is 11.7 Å². The molecule has 2 rings (SSSR count). The molecule has 5 nitrogen and oxygen atoms in total. The van der Waals surface area contributed by atoms with E-state index in [0.717, 1.165) is 18.2 Å². The van der Waals surface area contributed by atoms with Gasteiger partial charge < -0.3 is 16.2 Å². The van der Waals surface area contributed by atoms with Crippen molar-refractivity contribution in [3.05, 3.63) is 35.1 Å². The number of carbonyl (C=O) groups excluding carboxylic acids is 1. The second-order valence-corrected chi connectivity index (χ2v) is 4.35. The Kier molecular flexibility index (Phi) is 3.56. The van der Waals surface area contributed by atoms with Gasteiger partial charge in [0.2, 0.25) is 5.91 Å². The third-order valence-electron chi connectivity index (χ3n) is 3.13. The molecular weight excluding hydrogens is 275 g/mol. The number of primary amides is 1. The smallest absolute Gasteiger partial charge is 0.283 e. The van der Waals surface area contributed by atoms with Crippen LogP contribution < -0.4 is 11.5 Å². The molecule has 0 radical (unpaired) electrons. The maximum Gasteiger partial charge on any atom is 0.283 e. The molecule has 0 saturated heterocycles. The van der Waals surface area contributed by atoms with Crippen molar-refractivity contribution < 1.29 is 22.7 Å². The molecule has 1 aliphatic heterocycles. The van der Waals surface area contributed by atoms with Crippen LogP contribution in [0, 0.1) is 5.82 Å². The minimum absolute atomic E-state index is 0.0818. The summed E-state index contributed by atoms with van der Waals surface area (Å²) >= 11 is 0. The standard InChI is InChI=1S/C12H12F3N3O2/c13-5-12(9(15)4-20-11(17)18-12)7-3-6(10(16)19)1-2-8(7)14/h1-3,9H,4-5H2,(H2,16,19)(H2,17,18)/t9-,12+/m0/s1. The highest BCUT2D eigenvalue weighted by atomic mass is 19.1. The number of hydrogen-bond acceptors (Lipinski definition) is 4. The van der Waals surface area contributed by atoms with Crippen LogP contribution in [0.25, 0.3) is 0 Å². The first kappa shape index (κ1) is 14.2. The molecule has 0 saturated carbocycles. The van der Waals surface area contributed by atoms with Crippen LogP contribution in [0.4, 0.5) is 13.2 Å². The Hall–Kier alpha value is -2.25. The maximum atomic E-state index is 14.1. The van der Waals surface area contributed by atoms with E-state index in [0.29, 0.717) is 0 Å². The summed E-state index contributed by atoms with van der Waals surface area (Å²) < 4.78 is 46.1. The molecule has 0 aromatic heterocycles. The van der Waals surface area contributed by atoms with E-state index in [1.54, 1.807) is 0 Å². The molecule has 2 atom stereocenters. The van der Waals surface area contributed by atoms with Crippen LogP contribution in [0.2, 0.25) is 0 Å². The van der Waals surface area contributed by atoms with Gasteiger partial charge in [0, 0.05) is 11.1 Å². The number of rotatable bonds is 3. The van der Waals surface area contributed by atoms with Crippen molar-refractivity contribution in [1.82, 2.24) is 0 Å². The number of hydrogen-bond donors (Lipinski definition) is 2. The van der Waals surface area contributed by atoms with Gasteiger partial charge >= 0.3 is 0 Å². The van der Waals surface area contributed by atoms with E-state index in [2.05, 4.69) is 9.73 Å². The van der Waals surface area contributed by atoms with Crippen LogP contribution in [0.1, 0.15) is 15.9 Å². The summed E-state index contributed by atoms with van der Waals surface area (Å²) in [6.45, 7) is -1.89. The zero-order valence-corrected chi connectivity index (χ0v) is 10.3. The highest BCUT2D eigenvalue weighted by molar-refractivity contribution is 5.93. The molecule has 108 valence electrons. The van der Waals surface area contributed by atoms with Crippen molar-refractivity contribution >= 4 is 11.9 Å². The number of ether oxygens (including phenoxy) is 1. The average Bonchev–Trinajstić information content (AvgIpc) is 2.42. The van der Waals surface area contributed by atoms with Gasteiger partial charge in [-0.3, -0.25) is 4.79 Å². The van der Waals surface area contributed by atoms with Crippen LogP contribution in [-0.2, 0) is 10.3 Å². The molecule has 0 spiro atoms. The molecule has 1 amide bonds. The second kappa shape index (κ2) is 5.03. The predicted octanol–water partition coefficient (Wildman–Crippen LogP) is 0.772. The Balaban J connectivity index is 2.64.